The van der Waals surface area contributed by atoms with Crippen LogP contribution >= 0.6 is 0 Å². The van der Waals surface area contributed by atoms with Crippen molar-refractivity contribution in [3.05, 3.63) is 101 Å². The Labute approximate surface area is 138 Å². The summed E-state index contributed by atoms with van der Waals surface area (Å²) in [6.07, 6.45) is 4.54. The second kappa shape index (κ2) is 5.89. The maximum Gasteiger partial charge on any atom is -0.00516 e. The fourth-order valence-corrected chi connectivity index (χ4v) is 3.50. The van der Waals surface area contributed by atoms with E-state index in [1.807, 2.05) is 0 Å². The molecule has 0 saturated heterocycles. The molecule has 112 valence electrons. The highest BCUT2D eigenvalue weighted by Gasteiger charge is 2.18. The summed E-state index contributed by atoms with van der Waals surface area (Å²) in [4.78, 5) is 0. The van der Waals surface area contributed by atoms with Gasteiger partial charge in [0.2, 0.25) is 0 Å². The molecule has 0 nitrogen and oxygen atoms in total. The molecule has 0 aliphatic heterocycles. The molecule has 23 heavy (non-hydrogen) atoms. The van der Waals surface area contributed by atoms with Crippen LogP contribution in [0.4, 0.5) is 0 Å². The van der Waals surface area contributed by atoms with E-state index in [0.717, 1.165) is 12.8 Å². The van der Waals surface area contributed by atoms with Gasteiger partial charge in [0.15, 0.2) is 0 Å². The van der Waals surface area contributed by atoms with E-state index < -0.39 is 0 Å². The minimum absolute atomic E-state index is 1.04. The molecule has 3 aromatic rings. The van der Waals surface area contributed by atoms with Crippen LogP contribution in [-0.2, 0) is 12.8 Å². The van der Waals surface area contributed by atoms with Gasteiger partial charge in [-0.2, -0.15) is 0 Å². The molecule has 0 heterocycles. The van der Waals surface area contributed by atoms with Crippen molar-refractivity contribution < 1.29 is 0 Å². The molecule has 3 aromatic carbocycles. The third kappa shape index (κ3) is 2.73. The van der Waals surface area contributed by atoms with Gasteiger partial charge in [0.1, 0.15) is 0 Å². The van der Waals surface area contributed by atoms with Gasteiger partial charge in [-0.15, -0.1) is 0 Å². The van der Waals surface area contributed by atoms with Crippen LogP contribution in [0.25, 0.3) is 17.2 Å². The molecule has 0 amide bonds. The smallest absolute Gasteiger partial charge is 0.00516 e. The van der Waals surface area contributed by atoms with Crippen LogP contribution in [-0.4, -0.2) is 0 Å². The Morgan fingerprint density at radius 3 is 2.22 bits per heavy atom. The van der Waals surface area contributed by atoms with Crippen LogP contribution in [0.2, 0.25) is 0 Å². The van der Waals surface area contributed by atoms with Crippen molar-refractivity contribution in [3.63, 3.8) is 0 Å². The lowest BCUT2D eigenvalue weighted by atomic mass is 9.94. The van der Waals surface area contributed by atoms with Crippen LogP contribution in [0.5, 0.6) is 0 Å². The van der Waals surface area contributed by atoms with Crippen molar-refractivity contribution in [1.29, 1.82) is 0 Å². The first-order valence-electron chi connectivity index (χ1n) is 8.22. The van der Waals surface area contributed by atoms with Crippen LogP contribution in [0.15, 0.2) is 78.4 Å². The first kappa shape index (κ1) is 14.0. The molecule has 0 fully saturated rings. The highest BCUT2D eigenvalue weighted by atomic mass is 14.2. The van der Waals surface area contributed by atoms with Crippen LogP contribution in [0.1, 0.15) is 22.3 Å². The van der Waals surface area contributed by atoms with E-state index in [4.69, 9.17) is 0 Å². The Balaban J connectivity index is 1.74. The maximum atomic E-state index is 2.41. The lowest BCUT2D eigenvalue weighted by Crippen LogP contribution is -1.94. The summed E-state index contributed by atoms with van der Waals surface area (Å²) in [5, 5.41) is 0. The quantitative estimate of drug-likeness (QED) is 0.569. The minimum Gasteiger partial charge on any atom is -0.0622 e. The van der Waals surface area contributed by atoms with Gasteiger partial charge in [-0.3, -0.25) is 0 Å². The minimum atomic E-state index is 1.04. The Morgan fingerprint density at radius 1 is 0.783 bits per heavy atom. The van der Waals surface area contributed by atoms with Crippen molar-refractivity contribution in [2.24, 2.45) is 0 Å². The van der Waals surface area contributed by atoms with Crippen molar-refractivity contribution in [3.8, 4) is 11.1 Å². The van der Waals surface area contributed by atoms with Gasteiger partial charge in [0.25, 0.3) is 0 Å². The van der Waals surface area contributed by atoms with E-state index in [2.05, 4.69) is 85.8 Å². The molecule has 4 rings (SSSR count). The Morgan fingerprint density at radius 2 is 1.48 bits per heavy atom. The molecule has 0 heteroatoms. The Hall–Kier alpha value is -2.60. The van der Waals surface area contributed by atoms with E-state index in [-0.39, 0.29) is 0 Å². The van der Waals surface area contributed by atoms with Gasteiger partial charge in [-0.05, 0) is 53.1 Å². The van der Waals surface area contributed by atoms with E-state index >= 15 is 0 Å². The molecule has 0 saturated carbocycles. The third-order valence-corrected chi connectivity index (χ3v) is 4.70. The van der Waals surface area contributed by atoms with Crippen molar-refractivity contribution in [1.82, 2.24) is 0 Å². The predicted molar refractivity (Wildman–Crippen MR) is 98.4 cm³/mol. The number of aryl methyl sites for hydroxylation is 1. The zero-order chi connectivity index (χ0) is 15.6. The number of hydrogen-bond acceptors (Lipinski definition) is 0. The molecular weight excluding hydrogens is 276 g/mol. The predicted octanol–water partition coefficient (Wildman–Crippen LogP) is 5.84. The summed E-state index contributed by atoms with van der Waals surface area (Å²) >= 11 is 0. The van der Waals surface area contributed by atoms with E-state index in [9.17, 15) is 0 Å². The topological polar surface area (TPSA) is 0 Å². The number of benzene rings is 3. The van der Waals surface area contributed by atoms with Crippen LogP contribution in [0.3, 0.4) is 0 Å². The summed E-state index contributed by atoms with van der Waals surface area (Å²) in [5.74, 6) is 0. The zero-order valence-corrected chi connectivity index (χ0v) is 13.4. The zero-order valence-electron chi connectivity index (χ0n) is 13.4. The SMILES string of the molecule is Cc1ccc(-c2ccccc2)c2c1CC(Cc1ccccc1)=C2. The fraction of sp³-hybridized carbons (Fsp3) is 0.130. The van der Waals surface area contributed by atoms with Crippen molar-refractivity contribution in [2.75, 3.05) is 0 Å². The van der Waals surface area contributed by atoms with Crippen molar-refractivity contribution in [2.45, 2.75) is 19.8 Å². The fourth-order valence-electron chi connectivity index (χ4n) is 3.50. The van der Waals surface area contributed by atoms with Gasteiger partial charge in [0, 0.05) is 0 Å². The molecule has 1 aliphatic carbocycles. The average Bonchev–Trinajstić information content (AvgIpc) is 3.01. The number of rotatable bonds is 3. The molecule has 0 unspecified atom stereocenters. The van der Waals surface area contributed by atoms with Gasteiger partial charge in [-0.25, -0.2) is 0 Å². The summed E-state index contributed by atoms with van der Waals surface area (Å²) in [7, 11) is 0. The Kier molecular flexibility index (Phi) is 3.59. The first-order chi connectivity index (χ1) is 11.3. The van der Waals surface area contributed by atoms with Gasteiger partial charge in [0.05, 0.1) is 0 Å². The van der Waals surface area contributed by atoms with Gasteiger partial charge < -0.3 is 0 Å². The van der Waals surface area contributed by atoms with E-state index in [0.29, 0.717) is 0 Å². The van der Waals surface area contributed by atoms with Crippen molar-refractivity contribution >= 4 is 6.08 Å². The molecule has 0 aromatic heterocycles. The number of allylic oxidation sites excluding steroid dienone is 1. The third-order valence-electron chi connectivity index (χ3n) is 4.70. The van der Waals surface area contributed by atoms with Gasteiger partial charge >= 0.3 is 0 Å². The second-order valence-corrected chi connectivity index (χ2v) is 6.33. The first-order valence-corrected chi connectivity index (χ1v) is 8.22. The monoisotopic (exact) mass is 296 g/mol. The molecule has 0 spiro atoms. The highest BCUT2D eigenvalue weighted by Crippen LogP contribution is 2.36. The second-order valence-electron chi connectivity index (χ2n) is 6.33. The maximum absolute atomic E-state index is 2.41. The standard InChI is InChI=1S/C23H20/c1-17-12-13-21(20-10-6-3-7-11-20)23-16-19(15-22(17)23)14-18-8-4-2-5-9-18/h2-13,16H,14-15H2,1H3. The largest absolute Gasteiger partial charge is 0.0622 e. The van der Waals surface area contributed by atoms with Gasteiger partial charge in [-0.1, -0.05) is 84.4 Å². The van der Waals surface area contributed by atoms with Crippen LogP contribution < -0.4 is 0 Å². The number of fused-ring (bicyclic) bond motifs is 1. The summed E-state index contributed by atoms with van der Waals surface area (Å²) < 4.78 is 0. The Bertz CT molecular complexity index is 855. The summed E-state index contributed by atoms with van der Waals surface area (Å²) in [6.45, 7) is 2.23. The normalized spacial score (nSPS) is 12.8. The highest BCUT2D eigenvalue weighted by molar-refractivity contribution is 5.81. The molecule has 0 atom stereocenters. The summed E-state index contributed by atoms with van der Waals surface area (Å²) in [6, 6.07) is 26.0. The lowest BCUT2D eigenvalue weighted by Gasteiger charge is -2.10. The molecule has 1 aliphatic rings. The molecule has 0 N–H and O–H groups in total. The summed E-state index contributed by atoms with van der Waals surface area (Å²) in [5.41, 5.74) is 9.89. The lowest BCUT2D eigenvalue weighted by molar-refractivity contribution is 1.06. The molecular formula is C23H20. The molecule has 0 radical (unpaired) electrons. The number of hydrogen-bond donors (Lipinski definition) is 0. The van der Waals surface area contributed by atoms with E-state index in [1.165, 1.54) is 39.0 Å². The molecule has 0 bridgehead atoms. The average molecular weight is 296 g/mol. The van der Waals surface area contributed by atoms with E-state index in [1.54, 1.807) is 0 Å². The van der Waals surface area contributed by atoms with Crippen LogP contribution in [0, 0.1) is 6.92 Å².